The highest BCUT2D eigenvalue weighted by Crippen LogP contribution is 2.26. The highest BCUT2D eigenvalue weighted by atomic mass is 32.1. The quantitative estimate of drug-likeness (QED) is 0.882. The number of primary amides is 1. The maximum atomic E-state index is 11.6. The van der Waals surface area contributed by atoms with E-state index >= 15 is 0 Å². The van der Waals surface area contributed by atoms with E-state index < -0.39 is 11.9 Å². The molecule has 1 aromatic carbocycles. The van der Waals surface area contributed by atoms with Crippen LogP contribution in [0.1, 0.15) is 15.8 Å². The molecule has 0 bridgehead atoms. The van der Waals surface area contributed by atoms with Crippen molar-refractivity contribution in [1.29, 1.82) is 0 Å². The number of anilines is 1. The van der Waals surface area contributed by atoms with Gasteiger partial charge in [-0.25, -0.2) is 0 Å². The van der Waals surface area contributed by atoms with Crippen molar-refractivity contribution in [1.82, 2.24) is 0 Å². The van der Waals surface area contributed by atoms with Gasteiger partial charge >= 0.3 is 0 Å². The molecule has 0 spiro atoms. The molecule has 1 amide bonds. The Morgan fingerprint density at radius 2 is 1.95 bits per heavy atom. The van der Waals surface area contributed by atoms with Crippen LogP contribution in [-0.2, 0) is 4.79 Å². The SMILES string of the molecule is COc1ccc(NC(C(N)=O)c2ccc(C)s2)cc1. The van der Waals surface area contributed by atoms with Crippen molar-refractivity contribution in [2.24, 2.45) is 5.73 Å². The summed E-state index contributed by atoms with van der Waals surface area (Å²) in [6, 6.07) is 10.8. The molecular weight excluding hydrogens is 260 g/mol. The molecule has 0 fully saturated rings. The van der Waals surface area contributed by atoms with E-state index in [0.29, 0.717) is 0 Å². The number of hydrogen-bond acceptors (Lipinski definition) is 4. The Hall–Kier alpha value is -2.01. The van der Waals surface area contributed by atoms with E-state index in [1.54, 1.807) is 18.4 Å². The minimum atomic E-state index is -0.507. The van der Waals surface area contributed by atoms with Crippen molar-refractivity contribution in [2.75, 3.05) is 12.4 Å². The number of hydrogen-bond donors (Lipinski definition) is 2. The molecule has 3 N–H and O–H groups in total. The molecule has 2 rings (SSSR count). The Kier molecular flexibility index (Phi) is 4.06. The van der Waals surface area contributed by atoms with E-state index in [-0.39, 0.29) is 0 Å². The summed E-state index contributed by atoms with van der Waals surface area (Å²) in [4.78, 5) is 13.6. The van der Waals surface area contributed by atoms with Crippen molar-refractivity contribution in [3.8, 4) is 5.75 Å². The molecule has 4 nitrogen and oxygen atoms in total. The first-order valence-corrected chi connectivity index (χ1v) is 6.68. The average molecular weight is 276 g/mol. The van der Waals surface area contributed by atoms with Crippen LogP contribution in [0.4, 0.5) is 5.69 Å². The lowest BCUT2D eigenvalue weighted by Crippen LogP contribution is -2.26. The molecule has 0 aliphatic heterocycles. The maximum Gasteiger partial charge on any atom is 0.245 e. The van der Waals surface area contributed by atoms with Gasteiger partial charge in [0.15, 0.2) is 0 Å². The summed E-state index contributed by atoms with van der Waals surface area (Å²) in [6.45, 7) is 2.00. The summed E-state index contributed by atoms with van der Waals surface area (Å²) in [5.41, 5.74) is 6.29. The number of thiophene rings is 1. The predicted octanol–water partition coefficient (Wildman–Crippen LogP) is 2.70. The third kappa shape index (κ3) is 3.26. The smallest absolute Gasteiger partial charge is 0.245 e. The van der Waals surface area contributed by atoms with Gasteiger partial charge in [-0.05, 0) is 43.3 Å². The van der Waals surface area contributed by atoms with Gasteiger partial charge in [-0.3, -0.25) is 4.79 Å². The summed E-state index contributed by atoms with van der Waals surface area (Å²) in [5, 5.41) is 3.14. The number of carbonyl (C=O) groups is 1. The Balaban J connectivity index is 2.18. The lowest BCUT2D eigenvalue weighted by atomic mass is 10.2. The molecule has 0 saturated carbocycles. The van der Waals surface area contributed by atoms with Crippen molar-refractivity contribution in [3.63, 3.8) is 0 Å². The average Bonchev–Trinajstić information content (AvgIpc) is 2.82. The fourth-order valence-electron chi connectivity index (χ4n) is 1.74. The maximum absolute atomic E-state index is 11.6. The minimum Gasteiger partial charge on any atom is -0.497 e. The monoisotopic (exact) mass is 276 g/mol. The lowest BCUT2D eigenvalue weighted by Gasteiger charge is -2.15. The molecule has 1 aromatic heterocycles. The number of benzene rings is 1. The summed E-state index contributed by atoms with van der Waals surface area (Å²) in [5.74, 6) is 0.380. The number of ether oxygens (including phenoxy) is 1. The van der Waals surface area contributed by atoms with E-state index in [4.69, 9.17) is 10.5 Å². The van der Waals surface area contributed by atoms with Crippen molar-refractivity contribution >= 4 is 22.9 Å². The van der Waals surface area contributed by atoms with Crippen molar-refractivity contribution in [2.45, 2.75) is 13.0 Å². The van der Waals surface area contributed by atoms with Gasteiger partial charge in [0.25, 0.3) is 0 Å². The number of carbonyl (C=O) groups excluding carboxylic acids is 1. The van der Waals surface area contributed by atoms with E-state index in [2.05, 4.69) is 5.32 Å². The zero-order chi connectivity index (χ0) is 13.8. The molecule has 1 unspecified atom stereocenters. The van der Waals surface area contributed by atoms with E-state index in [9.17, 15) is 4.79 Å². The fourth-order valence-corrected chi connectivity index (χ4v) is 2.68. The van der Waals surface area contributed by atoms with E-state index in [1.165, 1.54) is 0 Å². The summed E-state index contributed by atoms with van der Waals surface area (Å²) < 4.78 is 5.09. The first-order valence-electron chi connectivity index (χ1n) is 5.86. The summed E-state index contributed by atoms with van der Waals surface area (Å²) in [6.07, 6.45) is 0. The standard InChI is InChI=1S/C14H16N2O2S/c1-9-3-8-12(19-9)13(14(15)17)16-10-4-6-11(18-2)7-5-10/h3-8,13,16H,1-2H3,(H2,15,17). The number of aryl methyl sites for hydroxylation is 1. The Morgan fingerprint density at radius 1 is 1.26 bits per heavy atom. The van der Waals surface area contributed by atoms with E-state index in [1.807, 2.05) is 43.3 Å². The molecular formula is C14H16N2O2S. The Labute approximate surface area is 116 Å². The van der Waals surface area contributed by atoms with Crippen LogP contribution in [0.5, 0.6) is 5.75 Å². The van der Waals surface area contributed by atoms with Gasteiger partial charge in [0.2, 0.25) is 5.91 Å². The minimum absolute atomic E-state index is 0.391. The molecule has 0 aliphatic rings. The van der Waals surface area contributed by atoms with E-state index in [0.717, 1.165) is 21.2 Å². The second kappa shape index (κ2) is 5.75. The third-order valence-electron chi connectivity index (χ3n) is 2.73. The highest BCUT2D eigenvalue weighted by Gasteiger charge is 2.19. The highest BCUT2D eigenvalue weighted by molar-refractivity contribution is 7.12. The molecule has 19 heavy (non-hydrogen) atoms. The second-order valence-electron chi connectivity index (χ2n) is 4.16. The molecule has 1 atom stereocenters. The van der Waals surface area contributed by atoms with Crippen molar-refractivity contribution < 1.29 is 9.53 Å². The number of methoxy groups -OCH3 is 1. The van der Waals surface area contributed by atoms with Gasteiger partial charge in [0.1, 0.15) is 11.8 Å². The van der Waals surface area contributed by atoms with Crippen LogP contribution in [-0.4, -0.2) is 13.0 Å². The molecule has 0 saturated heterocycles. The molecule has 100 valence electrons. The van der Waals surface area contributed by atoms with Gasteiger partial charge in [-0.15, -0.1) is 11.3 Å². The van der Waals surface area contributed by atoms with Crippen molar-refractivity contribution in [3.05, 3.63) is 46.2 Å². The topological polar surface area (TPSA) is 64.3 Å². The first-order chi connectivity index (χ1) is 9.10. The molecule has 2 aromatic rings. The van der Waals surface area contributed by atoms with Crippen LogP contribution < -0.4 is 15.8 Å². The predicted molar refractivity (Wildman–Crippen MR) is 77.6 cm³/mol. The summed E-state index contributed by atoms with van der Waals surface area (Å²) >= 11 is 1.56. The van der Waals surface area contributed by atoms with Crippen LogP contribution in [0, 0.1) is 6.92 Å². The largest absolute Gasteiger partial charge is 0.497 e. The fraction of sp³-hybridized carbons (Fsp3) is 0.214. The Morgan fingerprint density at radius 3 is 2.42 bits per heavy atom. The zero-order valence-electron chi connectivity index (χ0n) is 10.8. The number of nitrogens with one attached hydrogen (secondary N) is 1. The van der Waals surface area contributed by atoms with Crippen LogP contribution >= 0.6 is 11.3 Å². The number of nitrogens with two attached hydrogens (primary N) is 1. The normalized spacial score (nSPS) is 11.9. The van der Waals surface area contributed by atoms with Gasteiger partial charge in [-0.2, -0.15) is 0 Å². The zero-order valence-corrected chi connectivity index (χ0v) is 11.7. The van der Waals surface area contributed by atoms with Gasteiger partial charge in [0.05, 0.1) is 7.11 Å². The molecule has 5 heteroatoms. The molecule has 0 radical (unpaired) electrons. The van der Waals surface area contributed by atoms with Crippen LogP contribution in [0.3, 0.4) is 0 Å². The first kappa shape index (κ1) is 13.4. The third-order valence-corrected chi connectivity index (χ3v) is 3.80. The van der Waals surface area contributed by atoms with Crippen LogP contribution in [0.15, 0.2) is 36.4 Å². The molecule has 0 aliphatic carbocycles. The second-order valence-corrected chi connectivity index (χ2v) is 5.48. The van der Waals surface area contributed by atoms with Crippen LogP contribution in [0.25, 0.3) is 0 Å². The summed E-state index contributed by atoms with van der Waals surface area (Å²) in [7, 11) is 1.61. The number of amides is 1. The molecule has 1 heterocycles. The van der Waals surface area contributed by atoms with Crippen LogP contribution in [0.2, 0.25) is 0 Å². The Bertz CT molecular complexity index is 563. The lowest BCUT2D eigenvalue weighted by molar-refractivity contribution is -0.118. The van der Waals surface area contributed by atoms with Gasteiger partial charge in [0, 0.05) is 15.4 Å². The van der Waals surface area contributed by atoms with Gasteiger partial charge < -0.3 is 15.8 Å². The van der Waals surface area contributed by atoms with Gasteiger partial charge in [-0.1, -0.05) is 0 Å². The number of rotatable bonds is 5.